The van der Waals surface area contributed by atoms with Crippen LogP contribution in [0.5, 0.6) is 0 Å². The lowest BCUT2D eigenvalue weighted by Crippen LogP contribution is -2.29. The molecule has 5 heteroatoms. The van der Waals surface area contributed by atoms with Crippen LogP contribution in [-0.4, -0.2) is 23.1 Å². The second kappa shape index (κ2) is 8.95. The zero-order valence-corrected chi connectivity index (χ0v) is 17.2. The van der Waals surface area contributed by atoms with Gasteiger partial charge in [-0.2, -0.15) is 0 Å². The second-order valence-corrected chi connectivity index (χ2v) is 7.68. The van der Waals surface area contributed by atoms with Crippen molar-refractivity contribution < 1.29 is 0 Å². The maximum absolute atomic E-state index is 4.55. The first-order chi connectivity index (χ1) is 14.2. The van der Waals surface area contributed by atoms with Crippen LogP contribution in [0.2, 0.25) is 0 Å². The van der Waals surface area contributed by atoms with Gasteiger partial charge in [0.05, 0.1) is 0 Å². The number of anilines is 4. The third-order valence-electron chi connectivity index (χ3n) is 5.36. The van der Waals surface area contributed by atoms with Crippen molar-refractivity contribution in [1.29, 1.82) is 0 Å². The molecule has 0 aliphatic carbocycles. The van der Waals surface area contributed by atoms with E-state index in [2.05, 4.69) is 81.0 Å². The second-order valence-electron chi connectivity index (χ2n) is 7.68. The smallest absolute Gasteiger partial charge is 0.136 e. The first-order valence-corrected chi connectivity index (χ1v) is 10.5. The Balaban J connectivity index is 1.44. The number of piperidine rings is 1. The Morgan fingerprint density at radius 2 is 1.55 bits per heavy atom. The first kappa shape index (κ1) is 19.2. The van der Waals surface area contributed by atoms with Crippen LogP contribution >= 0.6 is 0 Å². The van der Waals surface area contributed by atoms with Gasteiger partial charge in [0, 0.05) is 36.6 Å². The van der Waals surface area contributed by atoms with Gasteiger partial charge in [0.2, 0.25) is 0 Å². The summed E-state index contributed by atoms with van der Waals surface area (Å²) in [5.74, 6) is 2.36. The van der Waals surface area contributed by atoms with Crippen LogP contribution in [0.1, 0.15) is 43.6 Å². The van der Waals surface area contributed by atoms with Crippen molar-refractivity contribution in [2.75, 3.05) is 28.6 Å². The number of hydrogen-bond acceptors (Lipinski definition) is 5. The highest BCUT2D eigenvalue weighted by Crippen LogP contribution is 2.25. The summed E-state index contributed by atoms with van der Waals surface area (Å²) in [4.78, 5) is 11.6. The SMILES string of the molecule is Cc1nc(Nc2ccc(N3CCCCC3)cc2)cc(NC(C)c2ccccc2)n1. The Morgan fingerprint density at radius 3 is 2.28 bits per heavy atom. The van der Waals surface area contributed by atoms with Gasteiger partial charge < -0.3 is 15.5 Å². The molecule has 29 heavy (non-hydrogen) atoms. The molecular weight excluding hydrogens is 358 g/mol. The van der Waals surface area contributed by atoms with E-state index in [1.54, 1.807) is 0 Å². The topological polar surface area (TPSA) is 53.1 Å². The Hall–Kier alpha value is -3.08. The average molecular weight is 388 g/mol. The van der Waals surface area contributed by atoms with Crippen molar-refractivity contribution in [3.8, 4) is 0 Å². The van der Waals surface area contributed by atoms with Crippen molar-refractivity contribution >= 4 is 23.0 Å². The van der Waals surface area contributed by atoms with Crippen LogP contribution in [-0.2, 0) is 0 Å². The highest BCUT2D eigenvalue weighted by Gasteiger charge is 2.11. The highest BCUT2D eigenvalue weighted by atomic mass is 15.1. The van der Waals surface area contributed by atoms with Gasteiger partial charge in [-0.05, 0) is 62.9 Å². The lowest BCUT2D eigenvalue weighted by molar-refractivity contribution is 0.578. The van der Waals surface area contributed by atoms with Gasteiger partial charge in [-0.15, -0.1) is 0 Å². The molecule has 2 aromatic carbocycles. The molecule has 2 heterocycles. The zero-order chi connectivity index (χ0) is 20.1. The largest absolute Gasteiger partial charge is 0.372 e. The molecule has 1 fully saturated rings. The minimum atomic E-state index is 0.169. The van der Waals surface area contributed by atoms with Gasteiger partial charge >= 0.3 is 0 Å². The molecule has 3 aromatic rings. The lowest BCUT2D eigenvalue weighted by Gasteiger charge is -2.28. The molecule has 1 saturated heterocycles. The first-order valence-electron chi connectivity index (χ1n) is 10.5. The van der Waals surface area contributed by atoms with E-state index >= 15 is 0 Å². The molecule has 0 spiro atoms. The molecule has 150 valence electrons. The van der Waals surface area contributed by atoms with Crippen molar-refractivity contribution in [3.05, 3.63) is 72.1 Å². The molecule has 1 aromatic heterocycles. The van der Waals surface area contributed by atoms with Gasteiger partial charge in [0.25, 0.3) is 0 Å². The molecule has 0 saturated carbocycles. The summed E-state index contributed by atoms with van der Waals surface area (Å²) in [5, 5.41) is 6.90. The minimum absolute atomic E-state index is 0.169. The van der Waals surface area contributed by atoms with Crippen molar-refractivity contribution in [2.24, 2.45) is 0 Å². The third kappa shape index (κ3) is 5.05. The third-order valence-corrected chi connectivity index (χ3v) is 5.36. The average Bonchev–Trinajstić information content (AvgIpc) is 2.75. The predicted octanol–water partition coefficient (Wildman–Crippen LogP) is 5.69. The zero-order valence-electron chi connectivity index (χ0n) is 17.2. The standard InChI is InChI=1S/C24H29N5/c1-18(20-9-5-3-6-10-20)25-23-17-24(27-19(2)26-23)28-21-11-13-22(14-12-21)29-15-7-4-8-16-29/h3,5-6,9-14,17-18H,4,7-8,15-16H2,1-2H3,(H2,25,26,27,28). The van der Waals surface area contributed by atoms with E-state index in [-0.39, 0.29) is 6.04 Å². The van der Waals surface area contributed by atoms with Crippen molar-refractivity contribution in [1.82, 2.24) is 9.97 Å². The van der Waals surface area contributed by atoms with Crippen LogP contribution in [0.3, 0.4) is 0 Å². The van der Waals surface area contributed by atoms with Crippen LogP contribution in [0.4, 0.5) is 23.0 Å². The molecule has 2 N–H and O–H groups in total. The van der Waals surface area contributed by atoms with Crippen LogP contribution < -0.4 is 15.5 Å². The lowest BCUT2D eigenvalue weighted by atomic mass is 10.1. The quantitative estimate of drug-likeness (QED) is 0.569. The van der Waals surface area contributed by atoms with Gasteiger partial charge in [-0.3, -0.25) is 0 Å². The van der Waals surface area contributed by atoms with Crippen molar-refractivity contribution in [3.63, 3.8) is 0 Å². The van der Waals surface area contributed by atoms with Crippen molar-refractivity contribution in [2.45, 2.75) is 39.2 Å². The normalized spacial score (nSPS) is 15.0. The fourth-order valence-electron chi connectivity index (χ4n) is 3.81. The van der Waals surface area contributed by atoms with E-state index in [9.17, 15) is 0 Å². The summed E-state index contributed by atoms with van der Waals surface area (Å²) in [6.07, 6.45) is 3.93. The van der Waals surface area contributed by atoms with Gasteiger partial charge in [0.1, 0.15) is 17.5 Å². The van der Waals surface area contributed by atoms with E-state index in [0.717, 1.165) is 36.2 Å². The highest BCUT2D eigenvalue weighted by molar-refractivity contribution is 5.62. The van der Waals surface area contributed by atoms with Gasteiger partial charge in [0.15, 0.2) is 0 Å². The minimum Gasteiger partial charge on any atom is -0.372 e. The Morgan fingerprint density at radius 1 is 0.862 bits per heavy atom. The molecule has 1 atom stereocenters. The molecule has 1 unspecified atom stereocenters. The summed E-state index contributed by atoms with van der Waals surface area (Å²) in [7, 11) is 0. The Kier molecular flexibility index (Phi) is 5.94. The number of aryl methyl sites for hydroxylation is 1. The number of nitrogens with zero attached hydrogens (tertiary/aromatic N) is 3. The summed E-state index contributed by atoms with van der Waals surface area (Å²) in [5.41, 5.74) is 3.56. The van der Waals surface area contributed by atoms with Crippen LogP contribution in [0.15, 0.2) is 60.7 Å². The van der Waals surface area contributed by atoms with E-state index in [0.29, 0.717) is 0 Å². The molecule has 4 rings (SSSR count). The van der Waals surface area contributed by atoms with Crippen LogP contribution in [0, 0.1) is 6.92 Å². The van der Waals surface area contributed by atoms with E-state index in [1.807, 2.05) is 19.1 Å². The van der Waals surface area contributed by atoms with Crippen LogP contribution in [0.25, 0.3) is 0 Å². The van der Waals surface area contributed by atoms with Gasteiger partial charge in [-0.25, -0.2) is 9.97 Å². The van der Waals surface area contributed by atoms with E-state index in [4.69, 9.17) is 0 Å². The van der Waals surface area contributed by atoms with E-state index < -0.39 is 0 Å². The molecule has 5 nitrogen and oxygen atoms in total. The molecule has 0 radical (unpaired) electrons. The monoisotopic (exact) mass is 387 g/mol. The molecule has 0 bridgehead atoms. The molecular formula is C24H29N5. The fourth-order valence-corrected chi connectivity index (χ4v) is 3.81. The number of benzene rings is 2. The molecule has 0 amide bonds. The number of nitrogens with one attached hydrogen (secondary N) is 2. The predicted molar refractivity (Wildman–Crippen MR) is 121 cm³/mol. The Bertz CT molecular complexity index is 918. The van der Waals surface area contributed by atoms with Gasteiger partial charge in [-0.1, -0.05) is 30.3 Å². The summed E-state index contributed by atoms with van der Waals surface area (Å²) in [6, 6.07) is 21.2. The summed E-state index contributed by atoms with van der Waals surface area (Å²) in [6.45, 7) is 6.38. The molecule has 1 aliphatic rings. The number of hydrogen-bond donors (Lipinski definition) is 2. The number of aromatic nitrogens is 2. The summed E-state index contributed by atoms with van der Waals surface area (Å²) < 4.78 is 0. The Labute approximate surface area is 173 Å². The fraction of sp³-hybridized carbons (Fsp3) is 0.333. The maximum atomic E-state index is 4.55. The number of rotatable bonds is 6. The maximum Gasteiger partial charge on any atom is 0.136 e. The van der Waals surface area contributed by atoms with E-state index in [1.165, 1.54) is 30.5 Å². The molecule has 1 aliphatic heterocycles. The summed E-state index contributed by atoms with van der Waals surface area (Å²) >= 11 is 0.